The molecule has 0 unspecified atom stereocenters. The zero-order chi connectivity index (χ0) is 17.6. The molecule has 0 aromatic rings. The third-order valence-corrected chi connectivity index (χ3v) is 4.11. The molecule has 5 nitrogen and oxygen atoms in total. The van der Waals surface area contributed by atoms with Crippen molar-refractivity contribution in [3.8, 4) is 0 Å². The van der Waals surface area contributed by atoms with E-state index in [9.17, 15) is 15.3 Å². The molecule has 0 aromatic heterocycles. The predicted octanol–water partition coefficient (Wildman–Crippen LogP) is 2.21. The molecule has 2 atom stereocenters. The lowest BCUT2D eigenvalue weighted by atomic mass is 10.0. The number of unbranched alkanes of at least 4 members (excludes halogenated alkanes) is 9. The first kappa shape index (κ1) is 22.5. The normalized spacial score (nSPS) is 15.2. The first-order valence-electron chi connectivity index (χ1n) is 9.11. The highest BCUT2D eigenvalue weighted by Gasteiger charge is 2.19. The van der Waals surface area contributed by atoms with Crippen LogP contribution in [0.25, 0.3) is 0 Å². The summed E-state index contributed by atoms with van der Waals surface area (Å²) in [6.45, 7) is 1.87. The largest absolute Gasteiger partial charge is 0.395 e. The van der Waals surface area contributed by atoms with E-state index in [0.29, 0.717) is 0 Å². The molecule has 0 saturated heterocycles. The van der Waals surface area contributed by atoms with Gasteiger partial charge in [0.25, 0.3) is 0 Å². The Labute approximate surface area is 141 Å². The van der Waals surface area contributed by atoms with Crippen LogP contribution in [0, 0.1) is 0 Å². The van der Waals surface area contributed by atoms with Crippen molar-refractivity contribution in [3.05, 3.63) is 12.2 Å². The van der Waals surface area contributed by atoms with Crippen LogP contribution in [0.4, 0.5) is 0 Å². The summed E-state index contributed by atoms with van der Waals surface area (Å²) in [5.74, 6) is -1.92. The van der Waals surface area contributed by atoms with E-state index in [1.54, 1.807) is 0 Å². The third-order valence-electron chi connectivity index (χ3n) is 4.11. The Balaban J connectivity index is 3.64. The summed E-state index contributed by atoms with van der Waals surface area (Å²) in [6, 6.07) is -0.806. The fraction of sp³-hybridized carbons (Fsp3) is 0.889. The van der Waals surface area contributed by atoms with Crippen molar-refractivity contribution in [2.75, 3.05) is 6.61 Å². The van der Waals surface area contributed by atoms with Crippen molar-refractivity contribution in [2.24, 2.45) is 5.73 Å². The molecule has 5 heteroatoms. The van der Waals surface area contributed by atoms with E-state index in [4.69, 9.17) is 10.8 Å². The smallest absolute Gasteiger partial charge is 0.182 e. The van der Waals surface area contributed by atoms with Crippen LogP contribution >= 0.6 is 0 Å². The van der Waals surface area contributed by atoms with Gasteiger partial charge in [-0.25, -0.2) is 0 Å². The zero-order valence-corrected chi connectivity index (χ0v) is 14.7. The number of aliphatic hydroxyl groups is 4. The molecule has 23 heavy (non-hydrogen) atoms. The molecule has 0 heterocycles. The molecule has 0 fully saturated rings. The standard InChI is InChI=1S/C18H37NO4/c1-2-3-4-5-6-7-8-9-10-11-13-18(22,23)14-12-17(21)16(19)15-20/h12,14,16-17,20-23H,2-11,13,15,19H2,1H3/b14-12+/t16-,17+/m0/s1. The molecule has 0 aliphatic heterocycles. The highest BCUT2D eigenvalue weighted by atomic mass is 16.5. The van der Waals surface area contributed by atoms with E-state index in [2.05, 4.69) is 6.92 Å². The van der Waals surface area contributed by atoms with Crippen molar-refractivity contribution in [3.63, 3.8) is 0 Å². The number of rotatable bonds is 15. The van der Waals surface area contributed by atoms with Crippen molar-refractivity contribution in [1.82, 2.24) is 0 Å². The Morgan fingerprint density at radius 1 is 0.913 bits per heavy atom. The predicted molar refractivity (Wildman–Crippen MR) is 93.8 cm³/mol. The van der Waals surface area contributed by atoms with Crippen LogP contribution in [-0.2, 0) is 0 Å². The molecular formula is C18H37NO4. The van der Waals surface area contributed by atoms with E-state index in [1.165, 1.54) is 51.0 Å². The first-order chi connectivity index (χ1) is 10.9. The molecular weight excluding hydrogens is 294 g/mol. The van der Waals surface area contributed by atoms with Crippen LogP contribution in [0.2, 0.25) is 0 Å². The molecule has 0 spiro atoms. The van der Waals surface area contributed by atoms with E-state index < -0.39 is 17.9 Å². The van der Waals surface area contributed by atoms with Gasteiger partial charge in [-0.2, -0.15) is 0 Å². The van der Waals surface area contributed by atoms with Crippen molar-refractivity contribution >= 4 is 0 Å². The lowest BCUT2D eigenvalue weighted by molar-refractivity contribution is -0.124. The van der Waals surface area contributed by atoms with Gasteiger partial charge < -0.3 is 26.2 Å². The summed E-state index contributed by atoms with van der Waals surface area (Å²) in [5.41, 5.74) is 5.44. The van der Waals surface area contributed by atoms with Gasteiger partial charge in [0.2, 0.25) is 0 Å². The second-order valence-corrected chi connectivity index (χ2v) is 6.51. The first-order valence-corrected chi connectivity index (χ1v) is 9.11. The minimum absolute atomic E-state index is 0.237. The molecule has 6 N–H and O–H groups in total. The number of nitrogens with two attached hydrogens (primary N) is 1. The van der Waals surface area contributed by atoms with Crippen LogP contribution in [0.1, 0.15) is 77.6 Å². The minimum Gasteiger partial charge on any atom is -0.395 e. The van der Waals surface area contributed by atoms with Crippen LogP contribution in [0.5, 0.6) is 0 Å². The van der Waals surface area contributed by atoms with Gasteiger partial charge in [0.1, 0.15) is 0 Å². The second kappa shape index (κ2) is 13.9. The maximum absolute atomic E-state index is 9.80. The van der Waals surface area contributed by atoms with Crippen molar-refractivity contribution < 1.29 is 20.4 Å². The van der Waals surface area contributed by atoms with E-state index in [0.717, 1.165) is 25.3 Å². The van der Waals surface area contributed by atoms with Crippen LogP contribution in [-0.4, -0.2) is 45.0 Å². The molecule has 0 saturated carbocycles. The Kier molecular flexibility index (Phi) is 13.7. The summed E-state index contributed by atoms with van der Waals surface area (Å²) in [4.78, 5) is 0. The van der Waals surface area contributed by atoms with Crippen LogP contribution in [0.3, 0.4) is 0 Å². The summed E-state index contributed by atoms with van der Waals surface area (Å²) >= 11 is 0. The maximum atomic E-state index is 9.80. The Hall–Kier alpha value is -0.460. The molecule has 0 amide bonds. The summed E-state index contributed by atoms with van der Waals surface area (Å²) in [7, 11) is 0. The molecule has 0 bridgehead atoms. The Morgan fingerprint density at radius 3 is 1.87 bits per heavy atom. The fourth-order valence-corrected chi connectivity index (χ4v) is 2.46. The maximum Gasteiger partial charge on any atom is 0.182 e. The molecule has 138 valence electrons. The quantitative estimate of drug-likeness (QED) is 0.180. The highest BCUT2D eigenvalue weighted by Crippen LogP contribution is 2.16. The van der Waals surface area contributed by atoms with Crippen molar-refractivity contribution in [1.29, 1.82) is 0 Å². The molecule has 0 rings (SSSR count). The molecule has 0 aromatic carbocycles. The van der Waals surface area contributed by atoms with Crippen molar-refractivity contribution in [2.45, 2.75) is 95.5 Å². The van der Waals surface area contributed by atoms with Gasteiger partial charge in [-0.1, -0.05) is 70.8 Å². The lowest BCUT2D eigenvalue weighted by Crippen LogP contribution is -2.37. The van der Waals surface area contributed by atoms with Gasteiger partial charge in [-0.3, -0.25) is 0 Å². The van der Waals surface area contributed by atoms with Gasteiger partial charge in [-0.15, -0.1) is 0 Å². The summed E-state index contributed by atoms with van der Waals surface area (Å²) in [5, 5.41) is 37.9. The van der Waals surface area contributed by atoms with E-state index in [-0.39, 0.29) is 13.0 Å². The lowest BCUT2D eigenvalue weighted by Gasteiger charge is -2.19. The average molecular weight is 331 g/mol. The highest BCUT2D eigenvalue weighted by molar-refractivity contribution is 5.00. The fourth-order valence-electron chi connectivity index (χ4n) is 2.46. The van der Waals surface area contributed by atoms with Crippen LogP contribution < -0.4 is 5.73 Å². The van der Waals surface area contributed by atoms with Crippen LogP contribution in [0.15, 0.2) is 12.2 Å². The van der Waals surface area contributed by atoms with E-state index in [1.807, 2.05) is 0 Å². The summed E-state index contributed by atoms with van der Waals surface area (Å²) in [6.07, 6.45) is 13.4. The van der Waals surface area contributed by atoms with Gasteiger partial charge in [0.15, 0.2) is 5.79 Å². The number of hydrogen-bond acceptors (Lipinski definition) is 5. The van der Waals surface area contributed by atoms with Gasteiger partial charge in [0.05, 0.1) is 18.8 Å². The number of hydrogen-bond donors (Lipinski definition) is 5. The van der Waals surface area contributed by atoms with E-state index >= 15 is 0 Å². The summed E-state index contributed by atoms with van der Waals surface area (Å²) < 4.78 is 0. The SMILES string of the molecule is CCCCCCCCCCCCC(O)(O)/C=C/[C@@H](O)[C@@H](N)CO. The molecule has 0 aliphatic carbocycles. The van der Waals surface area contributed by atoms with Gasteiger partial charge in [0, 0.05) is 6.42 Å². The second-order valence-electron chi connectivity index (χ2n) is 6.51. The topological polar surface area (TPSA) is 107 Å². The monoisotopic (exact) mass is 331 g/mol. The third kappa shape index (κ3) is 13.7. The Morgan fingerprint density at radius 2 is 1.39 bits per heavy atom. The molecule has 0 radical (unpaired) electrons. The average Bonchev–Trinajstić information content (AvgIpc) is 2.53. The minimum atomic E-state index is -1.92. The van der Waals surface area contributed by atoms with Gasteiger partial charge >= 0.3 is 0 Å². The number of aliphatic hydroxyl groups excluding tert-OH is 2. The van der Waals surface area contributed by atoms with Gasteiger partial charge in [-0.05, 0) is 12.5 Å². The molecule has 0 aliphatic rings. The zero-order valence-electron chi connectivity index (χ0n) is 14.7. The Bertz CT molecular complexity index is 295.